The number of halogens is 1. The van der Waals surface area contributed by atoms with E-state index in [0.717, 1.165) is 24.2 Å². The van der Waals surface area contributed by atoms with Crippen LogP contribution in [0.1, 0.15) is 57.8 Å². The fourth-order valence-corrected chi connectivity index (χ4v) is 4.40. The van der Waals surface area contributed by atoms with E-state index in [1.54, 1.807) is 0 Å². The third kappa shape index (κ3) is 4.25. The van der Waals surface area contributed by atoms with Gasteiger partial charge < -0.3 is 5.32 Å². The van der Waals surface area contributed by atoms with E-state index >= 15 is 0 Å². The number of rotatable bonds is 5. The van der Waals surface area contributed by atoms with Crippen molar-refractivity contribution in [3.05, 3.63) is 0 Å². The highest BCUT2D eigenvalue weighted by molar-refractivity contribution is 9.09. The molecule has 0 heterocycles. The van der Waals surface area contributed by atoms with Gasteiger partial charge in [-0.15, -0.1) is 0 Å². The number of hydrogen-bond acceptors (Lipinski definition) is 1. The molecular formula is C15H26BrNO. The molecular weight excluding hydrogens is 290 g/mol. The first-order valence-electron chi connectivity index (χ1n) is 7.62. The average Bonchev–Trinajstić information content (AvgIpc) is 2.89. The number of amides is 1. The molecule has 0 spiro atoms. The van der Waals surface area contributed by atoms with Crippen molar-refractivity contribution in [2.45, 2.75) is 57.8 Å². The largest absolute Gasteiger partial charge is 0.356 e. The van der Waals surface area contributed by atoms with Gasteiger partial charge in [0.05, 0.1) is 0 Å². The first-order valence-corrected chi connectivity index (χ1v) is 8.74. The summed E-state index contributed by atoms with van der Waals surface area (Å²) in [5.74, 6) is 2.43. The SMILES string of the molecule is O=C(CC1CCCC1)NCC1CCCCC1CBr. The summed E-state index contributed by atoms with van der Waals surface area (Å²) in [5.41, 5.74) is 0. The van der Waals surface area contributed by atoms with Crippen molar-refractivity contribution in [2.75, 3.05) is 11.9 Å². The van der Waals surface area contributed by atoms with Crippen molar-refractivity contribution in [2.24, 2.45) is 17.8 Å². The minimum atomic E-state index is 0.292. The summed E-state index contributed by atoms with van der Waals surface area (Å²) >= 11 is 3.62. The molecule has 0 bridgehead atoms. The van der Waals surface area contributed by atoms with E-state index in [1.807, 2.05) is 0 Å². The molecule has 18 heavy (non-hydrogen) atoms. The Labute approximate surface area is 119 Å². The number of carbonyl (C=O) groups is 1. The topological polar surface area (TPSA) is 29.1 Å². The van der Waals surface area contributed by atoms with Crippen molar-refractivity contribution in [1.29, 1.82) is 0 Å². The van der Waals surface area contributed by atoms with Gasteiger partial charge in [0, 0.05) is 18.3 Å². The molecule has 0 aromatic carbocycles. The molecule has 2 fully saturated rings. The zero-order valence-electron chi connectivity index (χ0n) is 11.3. The Hall–Kier alpha value is -0.0500. The molecule has 1 N–H and O–H groups in total. The van der Waals surface area contributed by atoms with Crippen LogP contribution in [0.2, 0.25) is 0 Å². The summed E-state index contributed by atoms with van der Waals surface area (Å²) in [6.45, 7) is 0.905. The fourth-order valence-electron chi connectivity index (χ4n) is 3.55. The Balaban J connectivity index is 1.67. The van der Waals surface area contributed by atoms with Gasteiger partial charge in [-0.1, -0.05) is 41.6 Å². The molecule has 2 atom stereocenters. The molecule has 2 aliphatic rings. The van der Waals surface area contributed by atoms with Crippen LogP contribution >= 0.6 is 15.9 Å². The van der Waals surface area contributed by atoms with Crippen LogP contribution < -0.4 is 5.32 Å². The minimum absolute atomic E-state index is 0.292. The molecule has 2 aliphatic carbocycles. The minimum Gasteiger partial charge on any atom is -0.356 e. The molecule has 2 saturated carbocycles. The number of carbonyl (C=O) groups excluding carboxylic acids is 1. The van der Waals surface area contributed by atoms with E-state index in [-0.39, 0.29) is 0 Å². The number of alkyl halides is 1. The number of hydrogen-bond donors (Lipinski definition) is 1. The van der Waals surface area contributed by atoms with Crippen LogP contribution in [0.3, 0.4) is 0 Å². The van der Waals surface area contributed by atoms with Gasteiger partial charge >= 0.3 is 0 Å². The summed E-state index contributed by atoms with van der Waals surface area (Å²) in [5, 5.41) is 4.28. The van der Waals surface area contributed by atoms with Gasteiger partial charge in [-0.3, -0.25) is 4.79 Å². The monoisotopic (exact) mass is 315 g/mol. The predicted molar refractivity (Wildman–Crippen MR) is 78.8 cm³/mol. The third-order valence-electron chi connectivity index (χ3n) is 4.77. The summed E-state index contributed by atoms with van der Waals surface area (Å²) in [7, 11) is 0. The molecule has 2 rings (SSSR count). The molecule has 0 radical (unpaired) electrons. The van der Waals surface area contributed by atoms with Crippen molar-refractivity contribution in [3.8, 4) is 0 Å². The summed E-state index contributed by atoms with van der Waals surface area (Å²) < 4.78 is 0. The van der Waals surface area contributed by atoms with E-state index in [9.17, 15) is 4.79 Å². The Morgan fingerprint density at radius 2 is 1.61 bits per heavy atom. The molecule has 0 aliphatic heterocycles. The van der Waals surface area contributed by atoms with Crippen molar-refractivity contribution >= 4 is 21.8 Å². The van der Waals surface area contributed by atoms with Crippen LogP contribution in [-0.2, 0) is 4.79 Å². The van der Waals surface area contributed by atoms with Crippen LogP contribution in [0.15, 0.2) is 0 Å². The Bertz CT molecular complexity index is 263. The zero-order chi connectivity index (χ0) is 12.8. The van der Waals surface area contributed by atoms with Gasteiger partial charge in [-0.25, -0.2) is 0 Å². The Morgan fingerprint density at radius 1 is 1.00 bits per heavy atom. The first kappa shape index (κ1) is 14.4. The highest BCUT2D eigenvalue weighted by atomic mass is 79.9. The van der Waals surface area contributed by atoms with Crippen molar-refractivity contribution < 1.29 is 4.79 Å². The lowest BCUT2D eigenvalue weighted by atomic mass is 9.80. The molecule has 3 heteroatoms. The molecule has 0 saturated heterocycles. The lowest BCUT2D eigenvalue weighted by molar-refractivity contribution is -0.122. The second-order valence-corrected chi connectivity index (χ2v) is 6.77. The highest BCUT2D eigenvalue weighted by Crippen LogP contribution is 2.31. The Kier molecular flexibility index (Phi) is 6.00. The van der Waals surface area contributed by atoms with Crippen molar-refractivity contribution in [3.63, 3.8) is 0 Å². The van der Waals surface area contributed by atoms with E-state index in [4.69, 9.17) is 0 Å². The van der Waals surface area contributed by atoms with Crippen LogP contribution in [-0.4, -0.2) is 17.8 Å². The van der Waals surface area contributed by atoms with E-state index < -0.39 is 0 Å². The summed E-state index contributed by atoms with van der Waals surface area (Å²) in [4.78, 5) is 11.9. The quantitative estimate of drug-likeness (QED) is 0.766. The lowest BCUT2D eigenvalue weighted by Gasteiger charge is -2.30. The maximum atomic E-state index is 11.9. The van der Waals surface area contributed by atoms with Crippen LogP contribution in [0.25, 0.3) is 0 Å². The second kappa shape index (κ2) is 7.52. The summed E-state index contributed by atoms with van der Waals surface area (Å²) in [6.07, 6.45) is 11.3. The van der Waals surface area contributed by atoms with Gasteiger partial charge in [0.2, 0.25) is 5.91 Å². The van der Waals surface area contributed by atoms with Gasteiger partial charge in [0.15, 0.2) is 0 Å². The van der Waals surface area contributed by atoms with Crippen LogP contribution in [0.5, 0.6) is 0 Å². The Morgan fingerprint density at radius 3 is 2.28 bits per heavy atom. The van der Waals surface area contributed by atoms with Gasteiger partial charge in [0.1, 0.15) is 0 Å². The van der Waals surface area contributed by atoms with Crippen LogP contribution in [0, 0.1) is 17.8 Å². The van der Waals surface area contributed by atoms with Gasteiger partial charge in [-0.2, -0.15) is 0 Å². The molecule has 0 aromatic heterocycles. The van der Waals surface area contributed by atoms with Crippen molar-refractivity contribution in [1.82, 2.24) is 5.32 Å². The molecule has 2 nitrogen and oxygen atoms in total. The second-order valence-electron chi connectivity index (χ2n) is 6.12. The van der Waals surface area contributed by atoms with E-state index in [2.05, 4.69) is 21.2 Å². The predicted octanol–water partition coefficient (Wildman–Crippen LogP) is 3.88. The maximum Gasteiger partial charge on any atom is 0.220 e. The summed E-state index contributed by atoms with van der Waals surface area (Å²) in [6, 6.07) is 0. The molecule has 0 aromatic rings. The third-order valence-corrected chi connectivity index (χ3v) is 5.61. The van der Waals surface area contributed by atoms with Crippen LogP contribution in [0.4, 0.5) is 0 Å². The molecule has 2 unspecified atom stereocenters. The number of nitrogens with one attached hydrogen (secondary N) is 1. The first-order chi connectivity index (χ1) is 8.79. The molecule has 1 amide bonds. The zero-order valence-corrected chi connectivity index (χ0v) is 12.9. The smallest absolute Gasteiger partial charge is 0.220 e. The van der Waals surface area contributed by atoms with Gasteiger partial charge in [0.25, 0.3) is 0 Å². The standard InChI is InChI=1S/C15H26BrNO/c16-10-13-7-3-4-8-14(13)11-17-15(18)9-12-5-1-2-6-12/h12-14H,1-11H2,(H,17,18). The van der Waals surface area contributed by atoms with Gasteiger partial charge in [-0.05, 0) is 43.4 Å². The molecule has 104 valence electrons. The highest BCUT2D eigenvalue weighted by Gasteiger charge is 2.25. The normalized spacial score (nSPS) is 29.4. The fraction of sp³-hybridized carbons (Fsp3) is 0.933. The van der Waals surface area contributed by atoms with E-state index in [1.165, 1.54) is 51.4 Å². The maximum absolute atomic E-state index is 11.9. The lowest BCUT2D eigenvalue weighted by Crippen LogP contribution is -2.35. The average molecular weight is 316 g/mol. The van der Waals surface area contributed by atoms with E-state index in [0.29, 0.717) is 17.7 Å².